The van der Waals surface area contributed by atoms with Crippen molar-refractivity contribution < 1.29 is 14.6 Å². The van der Waals surface area contributed by atoms with Crippen LogP contribution in [0.2, 0.25) is 0 Å². The second-order valence-corrected chi connectivity index (χ2v) is 5.68. The van der Waals surface area contributed by atoms with Crippen molar-refractivity contribution in [2.75, 3.05) is 0 Å². The SMILES string of the molecule is CC(NC(=O)OC(C)(C)C)C(O)c1nccs1. The largest absolute Gasteiger partial charge is 0.444 e. The number of carbonyl (C=O) groups is 1. The smallest absolute Gasteiger partial charge is 0.407 e. The minimum Gasteiger partial charge on any atom is -0.444 e. The third-order valence-electron chi connectivity index (χ3n) is 1.92. The van der Waals surface area contributed by atoms with Crippen LogP contribution in [-0.4, -0.2) is 27.8 Å². The highest BCUT2D eigenvalue weighted by atomic mass is 32.1. The zero-order valence-electron chi connectivity index (χ0n) is 10.4. The van der Waals surface area contributed by atoms with Gasteiger partial charge in [-0.3, -0.25) is 0 Å². The first-order chi connectivity index (χ1) is 7.79. The molecule has 0 radical (unpaired) electrons. The number of alkyl carbamates (subject to hydrolysis) is 1. The van der Waals surface area contributed by atoms with Crippen molar-refractivity contribution in [3.8, 4) is 0 Å². The van der Waals surface area contributed by atoms with Gasteiger partial charge < -0.3 is 15.2 Å². The van der Waals surface area contributed by atoms with Crippen molar-refractivity contribution in [2.24, 2.45) is 0 Å². The van der Waals surface area contributed by atoms with Gasteiger partial charge in [-0.25, -0.2) is 9.78 Å². The molecule has 0 saturated carbocycles. The Labute approximate surface area is 105 Å². The van der Waals surface area contributed by atoms with E-state index in [-0.39, 0.29) is 0 Å². The molecule has 2 N–H and O–H groups in total. The maximum absolute atomic E-state index is 11.5. The minimum absolute atomic E-state index is 0.448. The van der Waals surface area contributed by atoms with Gasteiger partial charge >= 0.3 is 6.09 Å². The molecule has 1 amide bonds. The maximum atomic E-state index is 11.5. The van der Waals surface area contributed by atoms with E-state index >= 15 is 0 Å². The number of aliphatic hydroxyl groups is 1. The molecule has 0 aliphatic carbocycles. The summed E-state index contributed by atoms with van der Waals surface area (Å²) in [6, 6.07) is -0.448. The third kappa shape index (κ3) is 4.70. The first-order valence-electron chi connectivity index (χ1n) is 5.36. The number of rotatable bonds is 3. The first-order valence-corrected chi connectivity index (χ1v) is 6.24. The number of ether oxygens (including phenoxy) is 1. The van der Waals surface area contributed by atoms with E-state index < -0.39 is 23.8 Å². The fraction of sp³-hybridized carbons (Fsp3) is 0.636. The topological polar surface area (TPSA) is 71.5 Å². The fourth-order valence-electron chi connectivity index (χ4n) is 1.17. The van der Waals surface area contributed by atoms with Crippen LogP contribution < -0.4 is 5.32 Å². The highest BCUT2D eigenvalue weighted by Gasteiger charge is 2.23. The molecular formula is C11H18N2O3S. The average molecular weight is 258 g/mol. The van der Waals surface area contributed by atoms with Crippen LogP contribution >= 0.6 is 11.3 Å². The van der Waals surface area contributed by atoms with Crippen molar-refractivity contribution in [1.82, 2.24) is 10.3 Å². The summed E-state index contributed by atoms with van der Waals surface area (Å²) >= 11 is 1.35. The lowest BCUT2D eigenvalue weighted by Crippen LogP contribution is -2.40. The first kappa shape index (κ1) is 13.9. The van der Waals surface area contributed by atoms with Crippen molar-refractivity contribution in [1.29, 1.82) is 0 Å². The predicted molar refractivity (Wildman–Crippen MR) is 65.9 cm³/mol. The maximum Gasteiger partial charge on any atom is 0.407 e. The Kier molecular flexibility index (Phi) is 4.47. The zero-order chi connectivity index (χ0) is 13.1. The summed E-state index contributed by atoms with van der Waals surface area (Å²) in [4.78, 5) is 15.5. The van der Waals surface area contributed by atoms with Gasteiger partial charge in [-0.05, 0) is 27.7 Å². The molecule has 17 heavy (non-hydrogen) atoms. The molecule has 1 aromatic rings. The van der Waals surface area contributed by atoms with Gasteiger partial charge in [0, 0.05) is 11.6 Å². The Morgan fingerprint density at radius 3 is 2.71 bits per heavy atom. The number of thiazole rings is 1. The molecule has 0 bridgehead atoms. The van der Waals surface area contributed by atoms with Gasteiger partial charge in [-0.15, -0.1) is 11.3 Å². The van der Waals surface area contributed by atoms with Crippen LogP contribution in [-0.2, 0) is 4.74 Å². The zero-order valence-corrected chi connectivity index (χ0v) is 11.2. The van der Waals surface area contributed by atoms with Gasteiger partial charge in [0.2, 0.25) is 0 Å². The molecule has 2 unspecified atom stereocenters. The van der Waals surface area contributed by atoms with Crippen molar-refractivity contribution >= 4 is 17.4 Å². The molecule has 0 saturated heterocycles. The number of hydrogen-bond donors (Lipinski definition) is 2. The van der Waals surface area contributed by atoms with Crippen molar-refractivity contribution in [3.05, 3.63) is 16.6 Å². The van der Waals surface area contributed by atoms with Crippen molar-refractivity contribution in [3.63, 3.8) is 0 Å². The second-order valence-electron chi connectivity index (χ2n) is 4.75. The van der Waals surface area contributed by atoms with Gasteiger partial charge in [0.1, 0.15) is 16.7 Å². The number of aromatic nitrogens is 1. The van der Waals surface area contributed by atoms with Gasteiger partial charge in [0.25, 0.3) is 0 Å². The number of carbonyl (C=O) groups excluding carboxylic acids is 1. The molecule has 1 rings (SSSR count). The molecule has 0 aliphatic heterocycles. The highest BCUT2D eigenvalue weighted by Crippen LogP contribution is 2.19. The number of hydrogen-bond acceptors (Lipinski definition) is 5. The number of amides is 1. The summed E-state index contributed by atoms with van der Waals surface area (Å²) in [5.74, 6) is 0. The molecule has 0 fully saturated rings. The quantitative estimate of drug-likeness (QED) is 0.871. The number of nitrogens with one attached hydrogen (secondary N) is 1. The number of nitrogens with zero attached hydrogens (tertiary/aromatic N) is 1. The van der Waals surface area contributed by atoms with E-state index in [2.05, 4.69) is 10.3 Å². The van der Waals surface area contributed by atoms with E-state index in [4.69, 9.17) is 4.74 Å². The number of aliphatic hydroxyl groups excluding tert-OH is 1. The van der Waals surface area contributed by atoms with E-state index in [0.717, 1.165) is 0 Å². The molecular weight excluding hydrogens is 240 g/mol. The van der Waals surface area contributed by atoms with Gasteiger partial charge in [-0.1, -0.05) is 0 Å². The van der Waals surface area contributed by atoms with E-state index in [1.807, 2.05) is 0 Å². The van der Waals surface area contributed by atoms with E-state index in [0.29, 0.717) is 5.01 Å². The summed E-state index contributed by atoms with van der Waals surface area (Å²) in [5, 5.41) is 14.8. The van der Waals surface area contributed by atoms with Gasteiger partial charge in [-0.2, -0.15) is 0 Å². The lowest BCUT2D eigenvalue weighted by Gasteiger charge is -2.23. The molecule has 96 valence electrons. The highest BCUT2D eigenvalue weighted by molar-refractivity contribution is 7.09. The molecule has 0 spiro atoms. The van der Waals surface area contributed by atoms with E-state index in [1.165, 1.54) is 11.3 Å². The molecule has 0 aromatic carbocycles. The van der Waals surface area contributed by atoms with Gasteiger partial charge in [0.05, 0.1) is 6.04 Å². The van der Waals surface area contributed by atoms with Crippen LogP contribution in [0, 0.1) is 0 Å². The van der Waals surface area contributed by atoms with E-state index in [9.17, 15) is 9.90 Å². The summed E-state index contributed by atoms with van der Waals surface area (Å²) in [6.45, 7) is 7.06. The Hall–Kier alpha value is -1.14. The van der Waals surface area contributed by atoms with Crippen LogP contribution in [0.3, 0.4) is 0 Å². The Bertz CT molecular complexity index is 359. The van der Waals surface area contributed by atoms with E-state index in [1.54, 1.807) is 39.3 Å². The Balaban J connectivity index is 2.49. The van der Waals surface area contributed by atoms with Crippen LogP contribution in [0.15, 0.2) is 11.6 Å². The van der Waals surface area contributed by atoms with Crippen LogP contribution in [0.25, 0.3) is 0 Å². The van der Waals surface area contributed by atoms with Crippen LogP contribution in [0.5, 0.6) is 0 Å². The lowest BCUT2D eigenvalue weighted by atomic mass is 10.2. The molecule has 5 nitrogen and oxygen atoms in total. The standard InChI is InChI=1S/C11H18N2O3S/c1-7(8(14)9-12-5-6-17-9)13-10(15)16-11(2,3)4/h5-8,14H,1-4H3,(H,13,15). The monoisotopic (exact) mass is 258 g/mol. The van der Waals surface area contributed by atoms with Crippen LogP contribution in [0.1, 0.15) is 38.8 Å². The fourth-order valence-corrected chi connectivity index (χ4v) is 1.89. The molecule has 6 heteroatoms. The van der Waals surface area contributed by atoms with Crippen LogP contribution in [0.4, 0.5) is 4.79 Å². The lowest BCUT2D eigenvalue weighted by molar-refractivity contribution is 0.0435. The third-order valence-corrected chi connectivity index (χ3v) is 2.77. The average Bonchev–Trinajstić information content (AvgIpc) is 2.65. The summed E-state index contributed by atoms with van der Waals surface area (Å²) in [5.41, 5.74) is -0.546. The normalized spacial score (nSPS) is 15.1. The van der Waals surface area contributed by atoms with Gasteiger partial charge in [0.15, 0.2) is 0 Å². The molecule has 2 atom stereocenters. The minimum atomic E-state index is -0.817. The van der Waals surface area contributed by atoms with Crippen molar-refractivity contribution in [2.45, 2.75) is 45.4 Å². The predicted octanol–water partition coefficient (Wildman–Crippen LogP) is 2.09. The summed E-state index contributed by atoms with van der Waals surface area (Å²) < 4.78 is 5.10. The summed E-state index contributed by atoms with van der Waals surface area (Å²) in [6.07, 6.45) is 0.256. The second kappa shape index (κ2) is 5.46. The Morgan fingerprint density at radius 1 is 1.59 bits per heavy atom. The molecule has 1 aromatic heterocycles. The Morgan fingerprint density at radius 2 is 2.24 bits per heavy atom. The summed E-state index contributed by atoms with van der Waals surface area (Å²) in [7, 11) is 0. The molecule has 1 heterocycles. The molecule has 0 aliphatic rings.